The normalized spacial score (nSPS) is 20.2. The monoisotopic (exact) mass is 437 g/mol. The number of alkyl halides is 3. The molecule has 4 nitrogen and oxygen atoms in total. The minimum absolute atomic E-state index is 0. The summed E-state index contributed by atoms with van der Waals surface area (Å²) in [5.41, 5.74) is 0.210. The van der Waals surface area contributed by atoms with E-state index in [-0.39, 0.29) is 41.5 Å². The van der Waals surface area contributed by atoms with Gasteiger partial charge in [0.2, 0.25) is 0 Å². The highest BCUT2D eigenvalue weighted by Gasteiger charge is 2.53. The van der Waals surface area contributed by atoms with Crippen LogP contribution < -0.4 is 5.32 Å². The molecule has 0 aromatic heterocycles. The van der Waals surface area contributed by atoms with Gasteiger partial charge in [-0.15, -0.1) is 24.0 Å². The molecule has 0 aliphatic carbocycles. The zero-order valence-electron chi connectivity index (χ0n) is 13.9. The predicted molar refractivity (Wildman–Crippen MR) is 92.8 cm³/mol. The summed E-state index contributed by atoms with van der Waals surface area (Å²) in [5, 5.41) is 3.18. The fourth-order valence-electron chi connectivity index (χ4n) is 2.26. The number of nitrogens with zero attached hydrogens (tertiary/aromatic N) is 2. The number of nitrogens with one attached hydrogen (secondary N) is 1. The first-order valence-electron chi connectivity index (χ1n) is 7.14. The van der Waals surface area contributed by atoms with Crippen LogP contribution in [0.15, 0.2) is 4.99 Å². The fourth-order valence-corrected chi connectivity index (χ4v) is 2.26. The number of rotatable bonds is 5. The maximum atomic E-state index is 11.9. The van der Waals surface area contributed by atoms with Crippen LogP contribution in [0, 0.1) is 5.41 Å². The maximum absolute atomic E-state index is 11.9. The molecule has 0 atom stereocenters. The number of halogens is 4. The lowest BCUT2D eigenvalue weighted by molar-refractivity contribution is -0.173. The molecular weight excluding hydrogens is 410 g/mol. The van der Waals surface area contributed by atoms with Gasteiger partial charge in [0.05, 0.1) is 0 Å². The van der Waals surface area contributed by atoms with E-state index in [9.17, 15) is 13.2 Å². The Bertz CT molecular complexity index is 384. The minimum Gasteiger partial charge on any atom is -0.372 e. The summed E-state index contributed by atoms with van der Waals surface area (Å²) in [6.07, 6.45) is -3.75. The Morgan fingerprint density at radius 2 is 1.86 bits per heavy atom. The first-order chi connectivity index (χ1) is 9.51. The zero-order valence-corrected chi connectivity index (χ0v) is 16.2. The summed E-state index contributed by atoms with van der Waals surface area (Å²) in [4.78, 5) is 6.42. The number of ether oxygens (including phenoxy) is 1. The summed E-state index contributed by atoms with van der Waals surface area (Å²) in [6, 6.07) is 0. The van der Waals surface area contributed by atoms with Gasteiger partial charge in [-0.1, -0.05) is 13.8 Å². The molecule has 1 N–H and O–H groups in total. The molecule has 1 fully saturated rings. The lowest BCUT2D eigenvalue weighted by Crippen LogP contribution is -2.72. The van der Waals surface area contributed by atoms with Gasteiger partial charge in [0.15, 0.2) is 5.96 Å². The topological polar surface area (TPSA) is 36.9 Å². The molecule has 0 radical (unpaired) electrons. The fraction of sp³-hybridized carbons (Fsp3) is 0.929. The Morgan fingerprint density at radius 3 is 2.27 bits per heavy atom. The first-order valence-corrected chi connectivity index (χ1v) is 7.14. The smallest absolute Gasteiger partial charge is 0.372 e. The van der Waals surface area contributed by atoms with E-state index in [1.807, 2.05) is 0 Å². The Kier molecular flexibility index (Phi) is 7.94. The quantitative estimate of drug-likeness (QED) is 0.311. The number of guanidine groups is 1. The molecule has 1 aliphatic heterocycles. The molecule has 132 valence electrons. The van der Waals surface area contributed by atoms with E-state index >= 15 is 0 Å². The van der Waals surface area contributed by atoms with E-state index < -0.39 is 12.8 Å². The molecule has 0 amide bonds. The van der Waals surface area contributed by atoms with E-state index in [1.54, 1.807) is 7.05 Å². The third-order valence-corrected chi connectivity index (χ3v) is 4.37. The lowest BCUT2D eigenvalue weighted by atomic mass is 9.65. The van der Waals surface area contributed by atoms with Crippen molar-refractivity contribution in [2.75, 3.05) is 33.4 Å². The second-order valence-electron chi connectivity index (χ2n) is 6.52. The van der Waals surface area contributed by atoms with E-state index in [0.717, 1.165) is 12.5 Å². The molecule has 0 spiro atoms. The second-order valence-corrected chi connectivity index (χ2v) is 6.52. The SMILES string of the molecule is CN=C(NCCCOCC(F)(F)F)N1CC(C)(C)C1(C)C.I. The zero-order chi connectivity index (χ0) is 16.3. The molecule has 0 aromatic carbocycles. The number of aliphatic imine (C=N–C) groups is 1. The summed E-state index contributed by atoms with van der Waals surface area (Å²) >= 11 is 0. The minimum atomic E-state index is -4.25. The highest BCUT2D eigenvalue weighted by molar-refractivity contribution is 14.0. The molecule has 1 saturated heterocycles. The summed E-state index contributed by atoms with van der Waals surface area (Å²) in [6.45, 7) is 9.09. The van der Waals surface area contributed by atoms with Crippen LogP contribution in [0.1, 0.15) is 34.1 Å². The van der Waals surface area contributed by atoms with Gasteiger partial charge in [-0.05, 0) is 20.3 Å². The van der Waals surface area contributed by atoms with Crippen molar-refractivity contribution in [2.45, 2.75) is 45.8 Å². The van der Waals surface area contributed by atoms with Crippen molar-refractivity contribution in [3.8, 4) is 0 Å². The highest BCUT2D eigenvalue weighted by atomic mass is 127. The van der Waals surface area contributed by atoms with Crippen molar-refractivity contribution in [1.82, 2.24) is 10.2 Å². The average Bonchev–Trinajstić information content (AvgIpc) is 2.34. The van der Waals surface area contributed by atoms with Crippen LogP contribution in [0.5, 0.6) is 0 Å². The molecule has 0 unspecified atom stereocenters. The van der Waals surface area contributed by atoms with E-state index in [4.69, 9.17) is 0 Å². The van der Waals surface area contributed by atoms with Gasteiger partial charge < -0.3 is 15.0 Å². The molecule has 1 aliphatic rings. The van der Waals surface area contributed by atoms with Crippen molar-refractivity contribution in [2.24, 2.45) is 10.4 Å². The Balaban J connectivity index is 0.00000441. The Hall–Kier alpha value is -0.250. The Labute approximate surface area is 147 Å². The van der Waals surface area contributed by atoms with E-state index in [0.29, 0.717) is 13.0 Å². The summed E-state index contributed by atoms with van der Waals surface area (Å²) < 4.78 is 40.3. The summed E-state index contributed by atoms with van der Waals surface area (Å²) in [5.74, 6) is 0.787. The molecule has 0 bridgehead atoms. The molecule has 22 heavy (non-hydrogen) atoms. The van der Waals surface area contributed by atoms with Crippen molar-refractivity contribution < 1.29 is 17.9 Å². The molecule has 0 saturated carbocycles. The number of likely N-dealkylation sites (tertiary alicyclic amines) is 1. The van der Waals surface area contributed by atoms with Gasteiger partial charge in [0.25, 0.3) is 0 Å². The van der Waals surface area contributed by atoms with Gasteiger partial charge in [-0.25, -0.2) is 0 Å². The van der Waals surface area contributed by atoms with Gasteiger partial charge in [0.1, 0.15) is 6.61 Å². The van der Waals surface area contributed by atoms with Gasteiger partial charge in [-0.3, -0.25) is 4.99 Å². The largest absolute Gasteiger partial charge is 0.411 e. The molecular formula is C14H27F3IN3O. The van der Waals surface area contributed by atoms with Crippen LogP contribution >= 0.6 is 24.0 Å². The highest BCUT2D eigenvalue weighted by Crippen LogP contribution is 2.46. The number of hydrogen-bond acceptors (Lipinski definition) is 2. The van der Waals surface area contributed by atoms with E-state index in [2.05, 4.69) is 47.6 Å². The van der Waals surface area contributed by atoms with Crippen LogP contribution in [0.2, 0.25) is 0 Å². The number of hydrogen-bond donors (Lipinski definition) is 1. The van der Waals surface area contributed by atoms with Crippen molar-refractivity contribution in [3.63, 3.8) is 0 Å². The van der Waals surface area contributed by atoms with E-state index in [1.165, 1.54) is 0 Å². The first kappa shape index (κ1) is 21.8. The van der Waals surface area contributed by atoms with Crippen molar-refractivity contribution in [1.29, 1.82) is 0 Å². The van der Waals surface area contributed by atoms with Gasteiger partial charge in [0, 0.05) is 37.7 Å². The van der Waals surface area contributed by atoms with Crippen molar-refractivity contribution >= 4 is 29.9 Å². The lowest BCUT2D eigenvalue weighted by Gasteiger charge is -2.62. The molecule has 1 rings (SSSR count). The van der Waals surface area contributed by atoms with Crippen LogP contribution in [0.3, 0.4) is 0 Å². The molecule has 1 heterocycles. The third kappa shape index (κ3) is 5.43. The van der Waals surface area contributed by atoms with Crippen LogP contribution in [-0.4, -0.2) is 55.9 Å². The standard InChI is InChI=1S/C14H26F3N3O.HI/c1-12(2)9-20(13(12,3)4)11(18-5)19-7-6-8-21-10-14(15,16)17;/h6-10H2,1-5H3,(H,18,19);1H. The predicted octanol–water partition coefficient (Wildman–Crippen LogP) is 3.27. The second kappa shape index (κ2) is 8.03. The van der Waals surface area contributed by atoms with Crippen LogP contribution in [0.4, 0.5) is 13.2 Å². The molecule has 8 heteroatoms. The summed E-state index contributed by atoms with van der Waals surface area (Å²) in [7, 11) is 1.71. The van der Waals surface area contributed by atoms with Gasteiger partial charge >= 0.3 is 6.18 Å². The van der Waals surface area contributed by atoms with Gasteiger partial charge in [-0.2, -0.15) is 13.2 Å². The third-order valence-electron chi connectivity index (χ3n) is 4.37. The van der Waals surface area contributed by atoms with Crippen LogP contribution in [-0.2, 0) is 4.74 Å². The molecule has 0 aromatic rings. The Morgan fingerprint density at radius 1 is 1.27 bits per heavy atom. The maximum Gasteiger partial charge on any atom is 0.411 e. The van der Waals surface area contributed by atoms with Crippen LogP contribution in [0.25, 0.3) is 0 Å². The average molecular weight is 437 g/mol. The van der Waals surface area contributed by atoms with Crippen molar-refractivity contribution in [3.05, 3.63) is 0 Å².